The predicted molar refractivity (Wildman–Crippen MR) is 162 cm³/mol. The molecule has 0 aromatic heterocycles. The van der Waals surface area contributed by atoms with Gasteiger partial charge < -0.3 is 9.84 Å². The van der Waals surface area contributed by atoms with Crippen LogP contribution in [0, 0.1) is 29.1 Å². The van der Waals surface area contributed by atoms with Crippen LogP contribution in [0.4, 0.5) is 24.5 Å². The van der Waals surface area contributed by atoms with Crippen molar-refractivity contribution in [1.82, 2.24) is 0 Å². The summed E-state index contributed by atoms with van der Waals surface area (Å²) in [4.78, 5) is 58.7. The van der Waals surface area contributed by atoms with Crippen LogP contribution >= 0.6 is 15.9 Å². The van der Waals surface area contributed by atoms with Gasteiger partial charge in [-0.15, -0.1) is 13.2 Å². The first-order valence-electron chi connectivity index (χ1n) is 14.7. The van der Waals surface area contributed by atoms with Crippen molar-refractivity contribution in [2.24, 2.45) is 29.1 Å². The van der Waals surface area contributed by atoms with Crippen LogP contribution < -0.4 is 14.5 Å². The van der Waals surface area contributed by atoms with E-state index >= 15 is 0 Å². The van der Waals surface area contributed by atoms with E-state index in [9.17, 15) is 37.5 Å². The highest BCUT2D eigenvalue weighted by Crippen LogP contribution is 2.64. The number of amides is 4. The van der Waals surface area contributed by atoms with Crippen molar-refractivity contribution in [3.63, 3.8) is 0 Å². The number of carbonyl (C=O) groups is 4. The topological polar surface area (TPSA) is 104 Å². The number of hydrogen-bond donors (Lipinski definition) is 1. The van der Waals surface area contributed by atoms with Gasteiger partial charge in [0.2, 0.25) is 23.6 Å². The summed E-state index contributed by atoms with van der Waals surface area (Å²) < 4.78 is 44.8. The van der Waals surface area contributed by atoms with E-state index in [4.69, 9.17) is 0 Å². The van der Waals surface area contributed by atoms with Crippen LogP contribution in [0.25, 0.3) is 0 Å². The molecule has 3 aromatic carbocycles. The summed E-state index contributed by atoms with van der Waals surface area (Å²) in [5.41, 5.74) is -0.347. The Morgan fingerprint density at radius 1 is 0.870 bits per heavy atom. The lowest BCUT2D eigenvalue weighted by molar-refractivity contribution is -0.274. The number of imide groups is 2. The number of allylic oxidation sites excluding steroid dienone is 2. The Hall–Kier alpha value is -4.45. The maximum atomic E-state index is 14.4. The van der Waals surface area contributed by atoms with Gasteiger partial charge in [-0.05, 0) is 80.3 Å². The number of alkyl halides is 3. The van der Waals surface area contributed by atoms with E-state index in [-0.39, 0.29) is 24.3 Å². The average molecular weight is 695 g/mol. The molecule has 2 heterocycles. The van der Waals surface area contributed by atoms with Crippen molar-refractivity contribution in [3.05, 3.63) is 94.5 Å². The molecule has 3 aromatic rings. The largest absolute Gasteiger partial charge is 0.573 e. The first kappa shape index (κ1) is 30.2. The van der Waals surface area contributed by atoms with Crippen molar-refractivity contribution < 1.29 is 42.2 Å². The third kappa shape index (κ3) is 4.48. The highest BCUT2D eigenvalue weighted by molar-refractivity contribution is 9.10. The van der Waals surface area contributed by atoms with Crippen molar-refractivity contribution in [2.45, 2.75) is 32.0 Å². The number of phenolic OH excluding ortho intramolecular Hbond substituents is 1. The van der Waals surface area contributed by atoms with Crippen molar-refractivity contribution >= 4 is 50.9 Å². The van der Waals surface area contributed by atoms with Crippen LogP contribution in [-0.2, 0) is 19.2 Å². The summed E-state index contributed by atoms with van der Waals surface area (Å²) in [6.07, 6.45) is -3.08. The van der Waals surface area contributed by atoms with Crippen molar-refractivity contribution in [2.75, 3.05) is 9.80 Å². The Kier molecular flexibility index (Phi) is 6.93. The maximum Gasteiger partial charge on any atom is 0.573 e. The number of fused-ring (bicyclic) bond motifs is 4. The number of nitrogens with zero attached hydrogens (tertiary/aromatic N) is 2. The number of benzene rings is 3. The highest BCUT2D eigenvalue weighted by Gasteiger charge is 2.68. The number of anilines is 2. The van der Waals surface area contributed by atoms with Gasteiger partial charge >= 0.3 is 6.36 Å². The van der Waals surface area contributed by atoms with E-state index in [0.29, 0.717) is 16.9 Å². The molecule has 2 aliphatic carbocycles. The number of hydrogen-bond acceptors (Lipinski definition) is 6. The van der Waals surface area contributed by atoms with Gasteiger partial charge in [-0.2, -0.15) is 0 Å². The van der Waals surface area contributed by atoms with Crippen LogP contribution in [-0.4, -0.2) is 35.1 Å². The van der Waals surface area contributed by atoms with E-state index in [1.165, 1.54) is 0 Å². The first-order valence-corrected chi connectivity index (χ1v) is 15.5. The van der Waals surface area contributed by atoms with E-state index in [1.54, 1.807) is 67.6 Å². The molecule has 2 aliphatic heterocycles. The lowest BCUT2D eigenvalue weighted by Gasteiger charge is -2.49. The fourth-order valence-electron chi connectivity index (χ4n) is 7.99. The second kappa shape index (κ2) is 10.5. The van der Waals surface area contributed by atoms with Crippen molar-refractivity contribution in [3.8, 4) is 11.5 Å². The summed E-state index contributed by atoms with van der Waals surface area (Å²) in [6, 6.07) is 18.1. The van der Waals surface area contributed by atoms with E-state index < -0.39 is 70.6 Å². The van der Waals surface area contributed by atoms with Gasteiger partial charge in [0.15, 0.2) is 0 Å². The second-order valence-electron chi connectivity index (χ2n) is 12.3. The summed E-state index contributed by atoms with van der Waals surface area (Å²) in [7, 11) is 0. The normalized spacial score (nSPS) is 29.0. The first-order chi connectivity index (χ1) is 21.8. The lowest BCUT2D eigenvalue weighted by atomic mass is 9.51. The number of ether oxygens (including phenoxy) is 1. The molecule has 6 unspecified atom stereocenters. The van der Waals surface area contributed by atoms with Gasteiger partial charge in [-0.1, -0.05) is 45.8 Å². The Balaban J connectivity index is 1.38. The molecule has 8 nitrogen and oxygen atoms in total. The average Bonchev–Trinajstić information content (AvgIpc) is 3.38. The van der Waals surface area contributed by atoms with Crippen molar-refractivity contribution in [1.29, 1.82) is 0 Å². The molecule has 4 amide bonds. The molecule has 46 heavy (non-hydrogen) atoms. The van der Waals surface area contributed by atoms with Gasteiger partial charge in [0.1, 0.15) is 11.5 Å². The predicted octanol–water partition coefficient (Wildman–Crippen LogP) is 6.49. The monoisotopic (exact) mass is 694 g/mol. The molecule has 236 valence electrons. The smallest absolute Gasteiger partial charge is 0.508 e. The van der Waals surface area contributed by atoms with Crippen LogP contribution in [0.2, 0.25) is 0 Å². The molecular formula is C34H26BrF3N2O6. The molecule has 3 fully saturated rings. The van der Waals surface area contributed by atoms with Gasteiger partial charge in [0, 0.05) is 16.0 Å². The Bertz CT molecular complexity index is 1830. The number of para-hydroxylation sites is 1. The Morgan fingerprint density at radius 2 is 1.54 bits per heavy atom. The molecular weight excluding hydrogens is 669 g/mol. The van der Waals surface area contributed by atoms with Crippen LogP contribution in [0.3, 0.4) is 0 Å². The zero-order valence-electron chi connectivity index (χ0n) is 24.2. The number of halogens is 4. The van der Waals surface area contributed by atoms with Gasteiger partial charge in [-0.25, -0.2) is 4.90 Å². The molecule has 4 aliphatic rings. The third-order valence-corrected chi connectivity index (χ3v) is 10.4. The quantitative estimate of drug-likeness (QED) is 0.247. The van der Waals surface area contributed by atoms with E-state index in [1.807, 2.05) is 0 Å². The molecule has 1 N–H and O–H groups in total. The molecule has 0 bridgehead atoms. The fourth-order valence-corrected chi connectivity index (χ4v) is 8.25. The number of carbonyl (C=O) groups excluding carboxylic acids is 4. The fraction of sp³-hybridized carbons (Fsp3) is 0.294. The summed E-state index contributed by atoms with van der Waals surface area (Å²) >= 11 is 3.36. The van der Waals surface area contributed by atoms with E-state index in [2.05, 4.69) is 20.7 Å². The zero-order chi connectivity index (χ0) is 32.7. The third-order valence-electron chi connectivity index (χ3n) is 9.92. The standard InChI is InChI=1S/C34H26BrF3N2O6/c1-33-25(30(43)40(32(33)45)18-5-3-2-4-6-18)16-23-21(28(33)24-15-20(11-14-26(24)41)46-34(36,37)38)12-13-22-27(23)31(44)39(29(22)42)19-9-7-17(35)8-10-19/h2-12,14-15,22-23,25,27-28,41H,13,16H2,1H3. The minimum atomic E-state index is -5.02. The Morgan fingerprint density at radius 3 is 2.22 bits per heavy atom. The maximum absolute atomic E-state index is 14.4. The molecule has 0 spiro atoms. The second-order valence-corrected chi connectivity index (χ2v) is 13.2. The SMILES string of the molecule is CC12C(=O)N(c3ccccc3)C(=O)C1CC1C(=CCC3C(=O)N(c4ccc(Br)cc4)C(=O)C31)C2c1cc(OC(F)(F)F)ccc1O. The number of rotatable bonds is 4. The summed E-state index contributed by atoms with van der Waals surface area (Å²) in [5, 5.41) is 11.1. The minimum Gasteiger partial charge on any atom is -0.508 e. The van der Waals surface area contributed by atoms with Crippen LogP contribution in [0.15, 0.2) is 88.9 Å². The van der Waals surface area contributed by atoms with Gasteiger partial charge in [0.25, 0.3) is 0 Å². The van der Waals surface area contributed by atoms with Crippen LogP contribution in [0.5, 0.6) is 11.5 Å². The highest BCUT2D eigenvalue weighted by atomic mass is 79.9. The number of phenols is 1. The van der Waals surface area contributed by atoms with E-state index in [0.717, 1.165) is 32.5 Å². The molecule has 0 radical (unpaired) electrons. The lowest BCUT2D eigenvalue weighted by Crippen LogP contribution is -2.49. The number of aromatic hydroxyl groups is 1. The molecule has 6 atom stereocenters. The van der Waals surface area contributed by atoms with Crippen LogP contribution in [0.1, 0.15) is 31.2 Å². The minimum absolute atomic E-state index is 0.0405. The zero-order valence-corrected chi connectivity index (χ0v) is 25.8. The summed E-state index contributed by atoms with van der Waals surface area (Å²) in [5.74, 6) is -7.39. The summed E-state index contributed by atoms with van der Waals surface area (Å²) in [6.45, 7) is 1.58. The van der Waals surface area contributed by atoms with Gasteiger partial charge in [-0.3, -0.25) is 24.1 Å². The molecule has 1 saturated carbocycles. The molecule has 2 saturated heterocycles. The molecule has 7 rings (SSSR count). The Labute approximate surface area is 269 Å². The molecule has 12 heteroatoms. The van der Waals surface area contributed by atoms with Gasteiger partial charge in [0.05, 0.1) is 34.5 Å².